The normalized spacial score (nSPS) is 14.9. The number of rotatable bonds is 6. The van der Waals surface area contributed by atoms with E-state index in [9.17, 15) is 22.8 Å². The topological polar surface area (TPSA) is 84.1 Å². The number of benzene rings is 2. The molecule has 34 heavy (non-hydrogen) atoms. The maximum atomic E-state index is 13.0. The highest BCUT2D eigenvalue weighted by Crippen LogP contribution is 2.31. The molecule has 1 aliphatic rings. The van der Waals surface area contributed by atoms with Gasteiger partial charge in [0.05, 0.1) is 23.4 Å². The Morgan fingerprint density at radius 3 is 2.53 bits per heavy atom. The number of aliphatic imine (C=N–C) groups is 1. The van der Waals surface area contributed by atoms with Gasteiger partial charge in [-0.05, 0) is 36.4 Å². The summed E-state index contributed by atoms with van der Waals surface area (Å²) in [5.41, 5.74) is 0.532. The van der Waals surface area contributed by atoms with Crippen molar-refractivity contribution in [2.75, 3.05) is 16.0 Å². The van der Waals surface area contributed by atoms with Gasteiger partial charge in [0.25, 0.3) is 5.91 Å². The molecule has 7 nitrogen and oxygen atoms in total. The predicted octanol–water partition coefficient (Wildman–Crippen LogP) is 5.29. The van der Waals surface area contributed by atoms with E-state index >= 15 is 0 Å². The molecular weight excluding hydrogens is 471 g/mol. The number of thioether (sulfide) groups is 1. The summed E-state index contributed by atoms with van der Waals surface area (Å²) in [5, 5.41) is 2.64. The van der Waals surface area contributed by atoms with Crippen molar-refractivity contribution in [2.45, 2.75) is 6.36 Å². The van der Waals surface area contributed by atoms with Gasteiger partial charge < -0.3 is 14.5 Å². The molecular formula is C23H16F3N3O4S. The number of furan rings is 1. The highest BCUT2D eigenvalue weighted by atomic mass is 32.2. The number of carbonyl (C=O) groups excluding carboxylic acids is 2. The molecule has 3 aromatic rings. The first-order valence-electron chi connectivity index (χ1n) is 9.81. The summed E-state index contributed by atoms with van der Waals surface area (Å²) >= 11 is 0.962. The molecule has 2 amide bonds. The van der Waals surface area contributed by atoms with E-state index in [4.69, 9.17) is 4.42 Å². The zero-order chi connectivity index (χ0) is 24.1. The number of hydrogen-bond acceptors (Lipinski definition) is 6. The lowest BCUT2D eigenvalue weighted by atomic mass is 10.2. The molecule has 174 valence electrons. The second-order valence-corrected chi connectivity index (χ2v) is 7.74. The van der Waals surface area contributed by atoms with Crippen molar-refractivity contribution in [2.24, 2.45) is 4.99 Å². The van der Waals surface area contributed by atoms with Crippen LogP contribution in [0.25, 0.3) is 6.08 Å². The number of nitrogens with one attached hydrogen (secondary N) is 1. The van der Waals surface area contributed by atoms with E-state index in [1.54, 1.807) is 42.5 Å². The maximum Gasteiger partial charge on any atom is 0.573 e. The van der Waals surface area contributed by atoms with Crippen LogP contribution < -0.4 is 15.0 Å². The van der Waals surface area contributed by atoms with E-state index in [0.717, 1.165) is 17.8 Å². The Kier molecular flexibility index (Phi) is 6.73. The molecule has 0 saturated carbocycles. The highest BCUT2D eigenvalue weighted by molar-refractivity contribution is 8.14. The van der Waals surface area contributed by atoms with Gasteiger partial charge in [-0.2, -0.15) is 0 Å². The van der Waals surface area contributed by atoms with Crippen molar-refractivity contribution in [3.05, 3.63) is 84.5 Å². The Labute approximate surface area is 195 Å². The molecule has 0 spiro atoms. The molecule has 0 fully saturated rings. The number of halogens is 3. The molecule has 0 saturated heterocycles. The van der Waals surface area contributed by atoms with Crippen LogP contribution in [0.4, 0.5) is 24.5 Å². The third kappa shape index (κ3) is 5.67. The second-order valence-electron chi connectivity index (χ2n) is 6.80. The fourth-order valence-corrected chi connectivity index (χ4v) is 3.82. The van der Waals surface area contributed by atoms with Crippen molar-refractivity contribution < 1.29 is 31.9 Å². The van der Waals surface area contributed by atoms with Crippen molar-refractivity contribution >= 4 is 46.2 Å². The Morgan fingerprint density at radius 2 is 1.82 bits per heavy atom. The summed E-state index contributed by atoms with van der Waals surface area (Å²) in [6, 6.07) is 17.3. The van der Waals surface area contributed by atoms with E-state index in [-0.39, 0.29) is 22.3 Å². The van der Waals surface area contributed by atoms with Crippen LogP contribution in [0, 0.1) is 0 Å². The smallest absolute Gasteiger partial charge is 0.465 e. The van der Waals surface area contributed by atoms with Crippen LogP contribution in [-0.2, 0) is 9.59 Å². The Hall–Kier alpha value is -3.99. The number of alkyl halides is 3. The molecule has 0 bridgehead atoms. The SMILES string of the molecule is O=C(CSC1=NC(=Cc2ccco2)C(=O)N1c1ccccc1)Nc1ccccc1OC(F)(F)F. The van der Waals surface area contributed by atoms with Crippen LogP contribution in [-0.4, -0.2) is 29.1 Å². The fourth-order valence-electron chi connectivity index (χ4n) is 3.01. The van der Waals surface area contributed by atoms with Gasteiger partial charge >= 0.3 is 6.36 Å². The largest absolute Gasteiger partial charge is 0.573 e. The van der Waals surface area contributed by atoms with Crippen LogP contribution in [0.2, 0.25) is 0 Å². The third-order valence-electron chi connectivity index (χ3n) is 4.39. The summed E-state index contributed by atoms with van der Waals surface area (Å²) < 4.78 is 47.1. The van der Waals surface area contributed by atoms with Crippen molar-refractivity contribution in [3.63, 3.8) is 0 Å². The lowest BCUT2D eigenvalue weighted by Gasteiger charge is -2.18. The maximum absolute atomic E-state index is 13.0. The Balaban J connectivity index is 1.51. The molecule has 2 heterocycles. The molecule has 2 aromatic carbocycles. The molecule has 0 radical (unpaired) electrons. The lowest BCUT2D eigenvalue weighted by molar-refractivity contribution is -0.274. The van der Waals surface area contributed by atoms with E-state index in [2.05, 4.69) is 15.0 Å². The van der Waals surface area contributed by atoms with Crippen LogP contribution in [0.3, 0.4) is 0 Å². The quantitative estimate of drug-likeness (QED) is 0.478. The first kappa shape index (κ1) is 23.2. The average Bonchev–Trinajstić information content (AvgIpc) is 3.41. The van der Waals surface area contributed by atoms with Gasteiger partial charge in [0.15, 0.2) is 10.9 Å². The minimum absolute atomic E-state index is 0.116. The number of para-hydroxylation sites is 3. The molecule has 1 N–H and O–H groups in total. The summed E-state index contributed by atoms with van der Waals surface area (Å²) in [5.74, 6) is -1.32. The molecule has 0 unspecified atom stereocenters. The molecule has 0 aliphatic carbocycles. The molecule has 1 aromatic heterocycles. The van der Waals surface area contributed by atoms with Gasteiger partial charge in [-0.15, -0.1) is 13.2 Å². The van der Waals surface area contributed by atoms with Gasteiger partial charge in [0.2, 0.25) is 5.91 Å². The van der Waals surface area contributed by atoms with Crippen LogP contribution in [0.5, 0.6) is 5.75 Å². The number of nitrogens with zero attached hydrogens (tertiary/aromatic N) is 2. The number of amides is 2. The Bertz CT molecular complexity index is 1240. The van der Waals surface area contributed by atoms with E-state index < -0.39 is 23.9 Å². The Morgan fingerprint density at radius 1 is 1.09 bits per heavy atom. The molecule has 0 atom stereocenters. The van der Waals surface area contributed by atoms with Crippen molar-refractivity contribution in [1.82, 2.24) is 0 Å². The van der Waals surface area contributed by atoms with Crippen molar-refractivity contribution in [3.8, 4) is 5.75 Å². The zero-order valence-corrected chi connectivity index (χ0v) is 18.1. The van der Waals surface area contributed by atoms with Crippen LogP contribution in [0.1, 0.15) is 5.76 Å². The van der Waals surface area contributed by atoms with Crippen LogP contribution in [0.15, 0.2) is 88.1 Å². The van der Waals surface area contributed by atoms with E-state index in [1.165, 1.54) is 35.4 Å². The first-order valence-corrected chi connectivity index (χ1v) is 10.8. The zero-order valence-electron chi connectivity index (χ0n) is 17.3. The first-order chi connectivity index (χ1) is 16.3. The number of ether oxygens (including phenoxy) is 1. The fraction of sp³-hybridized carbons (Fsp3) is 0.0870. The average molecular weight is 487 g/mol. The number of amidine groups is 1. The summed E-state index contributed by atoms with van der Waals surface area (Å²) in [4.78, 5) is 31.2. The summed E-state index contributed by atoms with van der Waals surface area (Å²) in [6.45, 7) is 0. The monoisotopic (exact) mass is 487 g/mol. The van der Waals surface area contributed by atoms with Gasteiger partial charge in [-0.3, -0.25) is 14.5 Å². The summed E-state index contributed by atoms with van der Waals surface area (Å²) in [6.07, 6.45) is -1.96. The van der Waals surface area contributed by atoms with Gasteiger partial charge in [0, 0.05) is 6.08 Å². The molecule has 4 rings (SSSR count). The number of hydrogen-bond donors (Lipinski definition) is 1. The van der Waals surface area contributed by atoms with Gasteiger partial charge in [-0.25, -0.2) is 4.99 Å². The molecule has 11 heteroatoms. The van der Waals surface area contributed by atoms with E-state index in [0.29, 0.717) is 11.4 Å². The lowest BCUT2D eigenvalue weighted by Crippen LogP contribution is -2.31. The molecule has 1 aliphatic heterocycles. The summed E-state index contributed by atoms with van der Waals surface area (Å²) in [7, 11) is 0. The van der Waals surface area contributed by atoms with Gasteiger partial charge in [-0.1, -0.05) is 42.1 Å². The predicted molar refractivity (Wildman–Crippen MR) is 122 cm³/mol. The standard InChI is InChI=1S/C23H16F3N3O4S/c24-23(25,26)33-19-11-5-4-10-17(19)27-20(30)14-34-22-28-18(13-16-9-6-12-32-16)21(31)29(22)15-7-2-1-3-8-15/h1-13H,14H2,(H,27,30). The number of carbonyl (C=O) groups is 2. The number of anilines is 2. The highest BCUT2D eigenvalue weighted by Gasteiger charge is 2.33. The van der Waals surface area contributed by atoms with Gasteiger partial charge in [0.1, 0.15) is 11.5 Å². The van der Waals surface area contributed by atoms with E-state index in [1.807, 2.05) is 0 Å². The third-order valence-corrected chi connectivity index (χ3v) is 5.32. The van der Waals surface area contributed by atoms with Crippen molar-refractivity contribution in [1.29, 1.82) is 0 Å². The second kappa shape index (κ2) is 9.87. The minimum Gasteiger partial charge on any atom is -0.465 e. The minimum atomic E-state index is -4.90. The van der Waals surface area contributed by atoms with Crippen LogP contribution >= 0.6 is 11.8 Å².